The van der Waals surface area contributed by atoms with Crippen molar-refractivity contribution in [1.29, 1.82) is 0 Å². The summed E-state index contributed by atoms with van der Waals surface area (Å²) >= 11 is 0. The van der Waals surface area contributed by atoms with Gasteiger partial charge < -0.3 is 10.1 Å². The molecule has 1 unspecified atom stereocenters. The van der Waals surface area contributed by atoms with Crippen LogP contribution in [-0.4, -0.2) is 26.0 Å². The fourth-order valence-corrected chi connectivity index (χ4v) is 2.78. The van der Waals surface area contributed by atoms with E-state index in [2.05, 4.69) is 5.32 Å². The fraction of sp³-hybridized carbons (Fsp3) is 0.562. The van der Waals surface area contributed by atoms with Crippen molar-refractivity contribution in [2.45, 2.75) is 33.1 Å². The highest BCUT2D eigenvalue weighted by Crippen LogP contribution is 2.25. The molecule has 2 rings (SSSR count). The molecule has 1 saturated heterocycles. The first-order valence-corrected chi connectivity index (χ1v) is 7.01. The zero-order chi connectivity index (χ0) is 13.8. The van der Waals surface area contributed by atoms with Crippen LogP contribution in [0.4, 0.5) is 0 Å². The maximum absolute atomic E-state index is 12.4. The van der Waals surface area contributed by atoms with Crippen LogP contribution in [0.5, 0.6) is 5.75 Å². The number of carbonyl (C=O) groups is 1. The van der Waals surface area contributed by atoms with Gasteiger partial charge in [-0.1, -0.05) is 0 Å². The van der Waals surface area contributed by atoms with Crippen LogP contribution in [0.15, 0.2) is 12.1 Å². The van der Waals surface area contributed by atoms with E-state index in [1.54, 1.807) is 7.11 Å². The van der Waals surface area contributed by atoms with Gasteiger partial charge in [0.1, 0.15) is 5.75 Å². The van der Waals surface area contributed by atoms with Gasteiger partial charge in [-0.3, -0.25) is 4.79 Å². The van der Waals surface area contributed by atoms with Crippen molar-refractivity contribution in [3.8, 4) is 5.75 Å². The van der Waals surface area contributed by atoms with Crippen LogP contribution in [0, 0.1) is 19.8 Å². The van der Waals surface area contributed by atoms with Gasteiger partial charge in [-0.25, -0.2) is 0 Å². The lowest BCUT2D eigenvalue weighted by Crippen LogP contribution is -2.31. The molecule has 0 radical (unpaired) electrons. The average molecular weight is 261 g/mol. The van der Waals surface area contributed by atoms with E-state index in [4.69, 9.17) is 4.74 Å². The molecular formula is C16H23NO2. The highest BCUT2D eigenvalue weighted by atomic mass is 16.5. The molecule has 1 atom stereocenters. The van der Waals surface area contributed by atoms with E-state index in [0.717, 1.165) is 42.0 Å². The van der Waals surface area contributed by atoms with Crippen LogP contribution >= 0.6 is 0 Å². The number of rotatable bonds is 4. The molecule has 0 aliphatic carbocycles. The van der Waals surface area contributed by atoms with Crippen molar-refractivity contribution < 1.29 is 9.53 Å². The third kappa shape index (κ3) is 3.35. The Balaban J connectivity index is 2.12. The Labute approximate surface area is 115 Å². The van der Waals surface area contributed by atoms with Crippen LogP contribution in [0.25, 0.3) is 0 Å². The Morgan fingerprint density at radius 3 is 2.79 bits per heavy atom. The number of methoxy groups -OCH3 is 1. The number of hydrogen-bond acceptors (Lipinski definition) is 3. The van der Waals surface area contributed by atoms with Gasteiger partial charge in [-0.15, -0.1) is 0 Å². The standard InChI is InChI=1S/C16H23NO2/c1-11-8-16(19-3)12(2)7-14(11)15(18)9-13-5-4-6-17-10-13/h7-8,13,17H,4-6,9-10H2,1-3H3. The average Bonchev–Trinajstić information content (AvgIpc) is 2.42. The molecule has 1 heterocycles. The summed E-state index contributed by atoms with van der Waals surface area (Å²) in [5, 5.41) is 3.36. The number of ketones is 1. The van der Waals surface area contributed by atoms with Crippen molar-refractivity contribution in [3.63, 3.8) is 0 Å². The first-order valence-electron chi connectivity index (χ1n) is 7.01. The van der Waals surface area contributed by atoms with Crippen molar-refractivity contribution in [2.75, 3.05) is 20.2 Å². The van der Waals surface area contributed by atoms with E-state index in [1.807, 2.05) is 26.0 Å². The molecule has 0 aromatic heterocycles. The summed E-state index contributed by atoms with van der Waals surface area (Å²) in [7, 11) is 1.66. The number of hydrogen-bond donors (Lipinski definition) is 1. The van der Waals surface area contributed by atoms with Crippen molar-refractivity contribution in [3.05, 3.63) is 28.8 Å². The summed E-state index contributed by atoms with van der Waals surface area (Å²) in [4.78, 5) is 12.4. The molecule has 19 heavy (non-hydrogen) atoms. The van der Waals surface area contributed by atoms with Crippen LogP contribution < -0.4 is 10.1 Å². The van der Waals surface area contributed by atoms with Gasteiger partial charge in [0, 0.05) is 12.0 Å². The molecule has 3 heteroatoms. The maximum atomic E-state index is 12.4. The Hall–Kier alpha value is -1.35. The van der Waals surface area contributed by atoms with Crippen LogP contribution in [0.1, 0.15) is 40.7 Å². The molecule has 104 valence electrons. The maximum Gasteiger partial charge on any atom is 0.163 e. The zero-order valence-corrected chi connectivity index (χ0v) is 12.1. The molecule has 0 amide bonds. The minimum atomic E-state index is 0.261. The Kier molecular flexibility index (Phi) is 4.59. The highest BCUT2D eigenvalue weighted by molar-refractivity contribution is 5.98. The summed E-state index contributed by atoms with van der Waals surface area (Å²) < 4.78 is 5.29. The first kappa shape index (κ1) is 14.1. The summed E-state index contributed by atoms with van der Waals surface area (Å²) in [6.45, 7) is 6.02. The number of carbonyl (C=O) groups excluding carboxylic acids is 1. The molecule has 1 aromatic carbocycles. The summed E-state index contributed by atoms with van der Waals surface area (Å²) in [5.41, 5.74) is 2.89. The van der Waals surface area contributed by atoms with E-state index in [9.17, 15) is 4.79 Å². The molecule has 0 bridgehead atoms. The first-order chi connectivity index (χ1) is 9.11. The molecular weight excluding hydrogens is 238 g/mol. The minimum Gasteiger partial charge on any atom is -0.496 e. The second-order valence-corrected chi connectivity index (χ2v) is 5.48. The largest absolute Gasteiger partial charge is 0.496 e. The predicted octanol–water partition coefficient (Wildman–Crippen LogP) is 2.88. The number of ether oxygens (including phenoxy) is 1. The molecule has 1 fully saturated rings. The second-order valence-electron chi connectivity index (χ2n) is 5.48. The second kappa shape index (κ2) is 6.20. The van der Waals surface area contributed by atoms with E-state index < -0.39 is 0 Å². The Morgan fingerprint density at radius 2 is 2.16 bits per heavy atom. The van der Waals surface area contributed by atoms with Crippen LogP contribution in [0.2, 0.25) is 0 Å². The molecule has 1 N–H and O–H groups in total. The third-order valence-electron chi connectivity index (χ3n) is 3.92. The number of Topliss-reactive ketones (excluding diaryl/α,β-unsaturated/α-hetero) is 1. The molecule has 0 saturated carbocycles. The smallest absolute Gasteiger partial charge is 0.163 e. The lowest BCUT2D eigenvalue weighted by Gasteiger charge is -2.22. The molecule has 1 aliphatic heterocycles. The summed E-state index contributed by atoms with van der Waals surface area (Å²) in [6, 6.07) is 3.93. The van der Waals surface area contributed by atoms with Crippen LogP contribution in [-0.2, 0) is 0 Å². The third-order valence-corrected chi connectivity index (χ3v) is 3.92. The lowest BCUT2D eigenvalue weighted by atomic mass is 9.90. The van der Waals surface area contributed by atoms with Gasteiger partial charge in [0.25, 0.3) is 0 Å². The quantitative estimate of drug-likeness (QED) is 0.847. The monoisotopic (exact) mass is 261 g/mol. The van der Waals surface area contributed by atoms with Crippen molar-refractivity contribution in [2.24, 2.45) is 5.92 Å². The fourth-order valence-electron chi connectivity index (χ4n) is 2.78. The molecule has 1 aromatic rings. The van der Waals surface area contributed by atoms with E-state index >= 15 is 0 Å². The Bertz CT molecular complexity index is 462. The molecule has 3 nitrogen and oxygen atoms in total. The summed E-state index contributed by atoms with van der Waals surface area (Å²) in [6.07, 6.45) is 2.99. The SMILES string of the molecule is COc1cc(C)c(C(=O)CC2CCCNC2)cc1C. The molecule has 1 aliphatic rings. The zero-order valence-electron chi connectivity index (χ0n) is 12.1. The van der Waals surface area contributed by atoms with E-state index in [-0.39, 0.29) is 5.78 Å². The number of nitrogens with one attached hydrogen (secondary N) is 1. The van der Waals surface area contributed by atoms with Gasteiger partial charge >= 0.3 is 0 Å². The van der Waals surface area contributed by atoms with Gasteiger partial charge in [0.15, 0.2) is 5.78 Å². The number of aryl methyl sites for hydroxylation is 2. The van der Waals surface area contributed by atoms with E-state index in [0.29, 0.717) is 12.3 Å². The van der Waals surface area contributed by atoms with Gasteiger partial charge in [-0.2, -0.15) is 0 Å². The van der Waals surface area contributed by atoms with Crippen LogP contribution in [0.3, 0.4) is 0 Å². The topological polar surface area (TPSA) is 38.3 Å². The number of piperidine rings is 1. The van der Waals surface area contributed by atoms with Gasteiger partial charge in [-0.05, 0) is 69.0 Å². The van der Waals surface area contributed by atoms with Crippen molar-refractivity contribution in [1.82, 2.24) is 5.32 Å². The lowest BCUT2D eigenvalue weighted by molar-refractivity contribution is 0.0953. The van der Waals surface area contributed by atoms with Gasteiger partial charge in [0.05, 0.1) is 7.11 Å². The van der Waals surface area contributed by atoms with Crippen molar-refractivity contribution >= 4 is 5.78 Å². The molecule has 0 spiro atoms. The highest BCUT2D eigenvalue weighted by Gasteiger charge is 2.19. The number of benzene rings is 1. The van der Waals surface area contributed by atoms with E-state index in [1.165, 1.54) is 6.42 Å². The predicted molar refractivity (Wildman–Crippen MR) is 77.0 cm³/mol. The van der Waals surface area contributed by atoms with Gasteiger partial charge in [0.2, 0.25) is 0 Å². The summed E-state index contributed by atoms with van der Waals surface area (Å²) in [5.74, 6) is 1.60. The Morgan fingerprint density at radius 1 is 1.37 bits per heavy atom. The normalized spacial score (nSPS) is 19.2. The minimum absolute atomic E-state index is 0.261.